The molecule has 0 radical (unpaired) electrons. The van der Waals surface area contributed by atoms with Crippen molar-refractivity contribution in [2.75, 3.05) is 13.3 Å². The lowest BCUT2D eigenvalue weighted by molar-refractivity contribution is -0.319. The summed E-state index contributed by atoms with van der Waals surface area (Å²) in [7, 11) is 0. The summed E-state index contributed by atoms with van der Waals surface area (Å²) in [6, 6.07) is 23.6. The van der Waals surface area contributed by atoms with E-state index in [0.29, 0.717) is 23.6 Å². The van der Waals surface area contributed by atoms with E-state index in [-0.39, 0.29) is 18.8 Å². The number of hydrogen-bond acceptors (Lipinski definition) is 5. The van der Waals surface area contributed by atoms with Crippen molar-refractivity contribution in [2.45, 2.75) is 19.3 Å². The molecule has 6 nitrogen and oxygen atoms in total. The molecular formula is C26H21NO5. The predicted molar refractivity (Wildman–Crippen MR) is 119 cm³/mol. The minimum Gasteiger partial charge on any atom is -0.454 e. The Morgan fingerprint density at radius 3 is 2.31 bits per heavy atom. The molecule has 6 heteroatoms. The maximum atomic E-state index is 13.3. The fraction of sp³-hybridized carbons (Fsp3) is 0.192. The molecule has 4 aromatic carbocycles. The first-order valence-corrected chi connectivity index (χ1v) is 10.6. The highest BCUT2D eigenvalue weighted by molar-refractivity contribution is 6.02. The van der Waals surface area contributed by atoms with Gasteiger partial charge in [0, 0.05) is 11.1 Å². The molecule has 0 aliphatic carbocycles. The zero-order chi connectivity index (χ0) is 21.7. The summed E-state index contributed by atoms with van der Waals surface area (Å²) in [4.78, 5) is 19.5. The predicted octanol–water partition coefficient (Wildman–Crippen LogP) is 5.21. The van der Waals surface area contributed by atoms with Crippen LogP contribution >= 0.6 is 0 Å². The summed E-state index contributed by atoms with van der Waals surface area (Å²) >= 11 is 0. The van der Waals surface area contributed by atoms with Gasteiger partial charge in [0.15, 0.2) is 11.5 Å². The second-order valence-electron chi connectivity index (χ2n) is 8.05. The van der Waals surface area contributed by atoms with Crippen LogP contribution in [0.2, 0.25) is 0 Å². The van der Waals surface area contributed by atoms with Crippen molar-refractivity contribution in [3.8, 4) is 11.5 Å². The molecule has 1 amide bonds. The van der Waals surface area contributed by atoms with Gasteiger partial charge >= 0.3 is 0 Å². The van der Waals surface area contributed by atoms with Crippen molar-refractivity contribution in [1.82, 2.24) is 5.06 Å². The number of hydroxylamine groups is 2. The fourth-order valence-corrected chi connectivity index (χ4v) is 4.40. The van der Waals surface area contributed by atoms with E-state index in [1.54, 1.807) is 18.2 Å². The van der Waals surface area contributed by atoms with Crippen molar-refractivity contribution < 1.29 is 23.8 Å². The van der Waals surface area contributed by atoms with Crippen LogP contribution in [-0.4, -0.2) is 30.4 Å². The quantitative estimate of drug-likeness (QED) is 0.411. The van der Waals surface area contributed by atoms with Gasteiger partial charge in [0.25, 0.3) is 5.91 Å². The van der Waals surface area contributed by atoms with Gasteiger partial charge in [-0.1, -0.05) is 48.5 Å². The van der Waals surface area contributed by atoms with Crippen molar-refractivity contribution >= 4 is 27.5 Å². The van der Waals surface area contributed by atoms with Crippen LogP contribution in [0.15, 0.2) is 72.8 Å². The minimum atomic E-state index is -0.715. The van der Waals surface area contributed by atoms with Crippen LogP contribution < -0.4 is 9.47 Å². The number of carbonyl (C=O) groups is 1. The molecule has 4 aromatic rings. The molecule has 2 heterocycles. The summed E-state index contributed by atoms with van der Waals surface area (Å²) in [6.45, 7) is 2.43. The minimum absolute atomic E-state index is 0.161. The molecule has 32 heavy (non-hydrogen) atoms. The van der Waals surface area contributed by atoms with E-state index in [1.807, 2.05) is 31.2 Å². The third-order valence-corrected chi connectivity index (χ3v) is 5.90. The van der Waals surface area contributed by atoms with Gasteiger partial charge in [-0.25, -0.2) is 9.90 Å². The van der Waals surface area contributed by atoms with Gasteiger partial charge in [-0.05, 0) is 52.7 Å². The Balaban J connectivity index is 1.40. The smallest absolute Gasteiger partial charge is 0.277 e. The molecule has 0 bridgehead atoms. The second kappa shape index (κ2) is 7.51. The number of rotatable bonds is 2. The van der Waals surface area contributed by atoms with Crippen LogP contribution in [0.1, 0.15) is 29.1 Å². The zero-order valence-corrected chi connectivity index (χ0v) is 17.5. The van der Waals surface area contributed by atoms with Gasteiger partial charge in [0.2, 0.25) is 13.1 Å². The Bertz CT molecular complexity index is 1300. The van der Waals surface area contributed by atoms with Crippen molar-refractivity contribution in [3.63, 3.8) is 0 Å². The molecule has 0 spiro atoms. The van der Waals surface area contributed by atoms with Gasteiger partial charge in [0.05, 0.1) is 12.6 Å². The van der Waals surface area contributed by atoms with E-state index in [9.17, 15) is 4.79 Å². The van der Waals surface area contributed by atoms with Gasteiger partial charge in [-0.3, -0.25) is 4.79 Å². The summed E-state index contributed by atoms with van der Waals surface area (Å²) in [5, 5.41) is 5.68. The molecule has 1 saturated heterocycles. The topological polar surface area (TPSA) is 57.2 Å². The molecule has 0 saturated carbocycles. The molecule has 0 aromatic heterocycles. The number of carbonyl (C=O) groups excluding carboxylic acids is 1. The second-order valence-corrected chi connectivity index (χ2v) is 8.05. The number of hydrogen-bond donors (Lipinski definition) is 0. The number of amides is 1. The number of nitrogens with zero attached hydrogens (tertiary/aromatic N) is 1. The largest absolute Gasteiger partial charge is 0.454 e. The van der Waals surface area contributed by atoms with E-state index in [0.717, 1.165) is 27.1 Å². The average Bonchev–Trinajstić information content (AvgIpc) is 3.29. The molecule has 1 fully saturated rings. The van der Waals surface area contributed by atoms with Gasteiger partial charge in [-0.2, -0.15) is 0 Å². The van der Waals surface area contributed by atoms with Gasteiger partial charge in [0.1, 0.15) is 0 Å². The van der Waals surface area contributed by atoms with E-state index >= 15 is 0 Å². The molecule has 160 valence electrons. The maximum Gasteiger partial charge on any atom is 0.277 e. The highest BCUT2D eigenvalue weighted by Gasteiger charge is 2.33. The molecule has 2 aliphatic rings. The molecule has 2 aliphatic heterocycles. The lowest BCUT2D eigenvalue weighted by atomic mass is 9.96. The van der Waals surface area contributed by atoms with E-state index in [1.165, 1.54) is 5.06 Å². The van der Waals surface area contributed by atoms with Crippen LogP contribution in [0.25, 0.3) is 21.5 Å². The molecular weight excluding hydrogens is 406 g/mol. The summed E-state index contributed by atoms with van der Waals surface area (Å²) in [5.74, 6) is 0.958. The van der Waals surface area contributed by atoms with Crippen molar-refractivity contribution in [2.24, 2.45) is 0 Å². The normalized spacial score (nSPS) is 20.1. The summed E-state index contributed by atoms with van der Waals surface area (Å²) in [6.07, 6.45) is -0.919. The Labute approximate surface area is 184 Å². The highest BCUT2D eigenvalue weighted by Crippen LogP contribution is 2.38. The third-order valence-electron chi connectivity index (χ3n) is 5.90. The Morgan fingerprint density at radius 1 is 0.875 bits per heavy atom. The van der Waals surface area contributed by atoms with Crippen molar-refractivity contribution in [3.05, 3.63) is 83.9 Å². The van der Waals surface area contributed by atoms with E-state index in [4.69, 9.17) is 19.0 Å². The first-order valence-electron chi connectivity index (χ1n) is 10.6. The first-order chi connectivity index (χ1) is 15.7. The van der Waals surface area contributed by atoms with Crippen LogP contribution in [0, 0.1) is 0 Å². The zero-order valence-electron chi connectivity index (χ0n) is 17.5. The lowest BCUT2D eigenvalue weighted by Gasteiger charge is -2.36. The van der Waals surface area contributed by atoms with Crippen LogP contribution in [-0.2, 0) is 9.57 Å². The maximum absolute atomic E-state index is 13.3. The summed E-state index contributed by atoms with van der Waals surface area (Å²) < 4.78 is 17.0. The average molecular weight is 427 g/mol. The molecule has 0 N–H and O–H groups in total. The molecule has 2 unspecified atom stereocenters. The Kier molecular flexibility index (Phi) is 4.48. The fourth-order valence-electron chi connectivity index (χ4n) is 4.40. The SMILES string of the molecule is CC1CN(C(=O)c2ccc3c(c2)OCO3)OC(c2c3ccccc3cc3ccccc23)O1. The van der Waals surface area contributed by atoms with Gasteiger partial charge < -0.3 is 14.2 Å². The molecule has 6 rings (SSSR count). The van der Waals surface area contributed by atoms with Crippen LogP contribution in [0.5, 0.6) is 11.5 Å². The number of benzene rings is 4. The summed E-state index contributed by atoms with van der Waals surface area (Å²) in [5.41, 5.74) is 1.40. The standard InChI is InChI=1S/C26H21NO5/c1-16-14-27(25(28)19-10-11-22-23(13-19)30-15-29-22)32-26(31-16)24-20-8-4-2-6-17(20)12-18-7-3-5-9-21(18)24/h2-13,16,26H,14-15H2,1H3. The lowest BCUT2D eigenvalue weighted by Crippen LogP contribution is -2.44. The first kappa shape index (κ1) is 19.1. The number of fused-ring (bicyclic) bond motifs is 3. The van der Waals surface area contributed by atoms with E-state index < -0.39 is 6.29 Å². The molecule has 2 atom stereocenters. The van der Waals surface area contributed by atoms with Gasteiger partial charge in [-0.15, -0.1) is 0 Å². The van der Waals surface area contributed by atoms with E-state index in [2.05, 4.69) is 30.3 Å². The number of ether oxygens (including phenoxy) is 3. The Hall–Kier alpha value is -3.61. The highest BCUT2D eigenvalue weighted by atomic mass is 16.8. The monoisotopic (exact) mass is 427 g/mol. The van der Waals surface area contributed by atoms with Crippen LogP contribution in [0.3, 0.4) is 0 Å². The van der Waals surface area contributed by atoms with Crippen molar-refractivity contribution in [1.29, 1.82) is 0 Å². The third kappa shape index (κ3) is 3.16. The Morgan fingerprint density at radius 2 is 1.56 bits per heavy atom. The van der Waals surface area contributed by atoms with Crippen LogP contribution in [0.4, 0.5) is 0 Å².